The topological polar surface area (TPSA) is 141 Å². The van der Waals surface area contributed by atoms with E-state index in [1.165, 1.54) is 29.5 Å². The molecule has 0 bridgehead atoms. The van der Waals surface area contributed by atoms with Crippen molar-refractivity contribution < 1.29 is 29.0 Å². The molecule has 1 amide bonds. The van der Waals surface area contributed by atoms with E-state index in [4.69, 9.17) is 21.8 Å². The SMILES string of the molecule is O=C(NCc1ncccc1F)c1ccc(CNc2c(Cl)ccc3c2CCNCC3)cc1.O=C(O)CCC(=O)O. The minimum Gasteiger partial charge on any atom is -0.481 e. The van der Waals surface area contributed by atoms with E-state index in [1.54, 1.807) is 12.1 Å². The second-order valence-electron chi connectivity index (χ2n) is 8.76. The molecule has 0 saturated heterocycles. The van der Waals surface area contributed by atoms with Crippen molar-refractivity contribution in [2.45, 2.75) is 38.8 Å². The number of carbonyl (C=O) groups is 3. The van der Waals surface area contributed by atoms with Crippen LogP contribution in [0.3, 0.4) is 0 Å². The summed E-state index contributed by atoms with van der Waals surface area (Å²) in [6.07, 6.45) is 2.84. The molecule has 0 fully saturated rings. The summed E-state index contributed by atoms with van der Waals surface area (Å²) >= 11 is 6.48. The Hall–Kier alpha value is -4.02. The molecule has 0 aliphatic carbocycles. The first-order chi connectivity index (χ1) is 18.7. The molecule has 3 aromatic rings. The molecule has 206 valence electrons. The number of hydrogen-bond acceptors (Lipinski definition) is 6. The molecule has 0 saturated carbocycles. The molecule has 39 heavy (non-hydrogen) atoms. The van der Waals surface area contributed by atoms with Crippen molar-refractivity contribution in [1.82, 2.24) is 15.6 Å². The van der Waals surface area contributed by atoms with Crippen LogP contribution in [0.5, 0.6) is 0 Å². The number of carbonyl (C=O) groups excluding carboxylic acids is 1. The number of fused-ring (bicyclic) bond motifs is 1. The maximum absolute atomic E-state index is 13.6. The van der Waals surface area contributed by atoms with Crippen LogP contribution in [0.25, 0.3) is 0 Å². The number of amides is 1. The smallest absolute Gasteiger partial charge is 0.303 e. The van der Waals surface area contributed by atoms with Crippen LogP contribution in [-0.2, 0) is 35.5 Å². The van der Waals surface area contributed by atoms with Crippen LogP contribution in [0.1, 0.15) is 45.6 Å². The highest BCUT2D eigenvalue weighted by molar-refractivity contribution is 6.33. The van der Waals surface area contributed by atoms with Gasteiger partial charge in [-0.05, 0) is 73.0 Å². The van der Waals surface area contributed by atoms with Crippen molar-refractivity contribution in [3.63, 3.8) is 0 Å². The largest absolute Gasteiger partial charge is 0.481 e. The first kappa shape index (κ1) is 29.5. The number of carboxylic acids is 2. The van der Waals surface area contributed by atoms with E-state index in [-0.39, 0.29) is 31.0 Å². The van der Waals surface area contributed by atoms with Gasteiger partial charge in [0.2, 0.25) is 0 Å². The Morgan fingerprint density at radius 3 is 2.31 bits per heavy atom. The number of rotatable bonds is 9. The van der Waals surface area contributed by atoms with Gasteiger partial charge >= 0.3 is 11.9 Å². The van der Waals surface area contributed by atoms with Crippen LogP contribution in [0, 0.1) is 5.82 Å². The average Bonchev–Trinajstić information content (AvgIpc) is 3.17. The summed E-state index contributed by atoms with van der Waals surface area (Å²) in [6.45, 7) is 2.56. The van der Waals surface area contributed by atoms with E-state index >= 15 is 0 Å². The fraction of sp³-hybridized carbons (Fsp3) is 0.286. The second kappa shape index (κ2) is 14.8. The Morgan fingerprint density at radius 2 is 1.64 bits per heavy atom. The van der Waals surface area contributed by atoms with E-state index in [9.17, 15) is 18.8 Å². The van der Waals surface area contributed by atoms with E-state index in [0.717, 1.165) is 42.2 Å². The first-order valence-electron chi connectivity index (χ1n) is 12.4. The Kier molecular flexibility index (Phi) is 11.2. The zero-order valence-corrected chi connectivity index (χ0v) is 21.9. The molecule has 0 radical (unpaired) electrons. The predicted molar refractivity (Wildman–Crippen MR) is 145 cm³/mol. The standard InChI is InChI=1S/C24H24ClFN4O.C4H6O4/c25-20-8-7-17-9-12-27-13-10-19(17)23(20)29-14-16-3-5-18(6-4-16)24(31)30-15-22-21(26)2-1-11-28-22;5-3(6)1-2-4(7)8/h1-8,11,27,29H,9-10,12-15H2,(H,30,31);1-2H2,(H,5,6)(H,7,8). The Labute approximate surface area is 230 Å². The summed E-state index contributed by atoms with van der Waals surface area (Å²) in [4.78, 5) is 35.6. The summed E-state index contributed by atoms with van der Waals surface area (Å²) in [5.41, 5.74) is 5.35. The lowest BCUT2D eigenvalue weighted by Crippen LogP contribution is -2.23. The number of carboxylic acid groups (broad SMARTS) is 2. The molecule has 0 spiro atoms. The number of anilines is 1. The lowest BCUT2D eigenvalue weighted by Gasteiger charge is -2.16. The van der Waals surface area contributed by atoms with Gasteiger partial charge in [-0.15, -0.1) is 0 Å². The van der Waals surface area contributed by atoms with Gasteiger partial charge in [0, 0.05) is 18.3 Å². The number of aromatic nitrogens is 1. The summed E-state index contributed by atoms with van der Waals surface area (Å²) < 4.78 is 13.6. The highest BCUT2D eigenvalue weighted by Gasteiger charge is 2.15. The lowest BCUT2D eigenvalue weighted by atomic mass is 10.0. The van der Waals surface area contributed by atoms with Gasteiger partial charge < -0.3 is 26.2 Å². The first-order valence-corrected chi connectivity index (χ1v) is 12.8. The van der Waals surface area contributed by atoms with Crippen molar-refractivity contribution in [3.8, 4) is 0 Å². The molecule has 9 nitrogen and oxygen atoms in total. The fourth-order valence-corrected chi connectivity index (χ4v) is 4.17. The van der Waals surface area contributed by atoms with Crippen LogP contribution < -0.4 is 16.0 Å². The number of pyridine rings is 1. The fourth-order valence-electron chi connectivity index (χ4n) is 3.93. The van der Waals surface area contributed by atoms with Gasteiger partial charge in [-0.3, -0.25) is 19.4 Å². The predicted octanol–water partition coefficient (Wildman–Crippen LogP) is 4.04. The molecule has 0 atom stereocenters. The number of benzene rings is 2. The molecule has 1 aliphatic heterocycles. The van der Waals surface area contributed by atoms with Crippen LogP contribution >= 0.6 is 11.6 Å². The zero-order valence-electron chi connectivity index (χ0n) is 21.2. The molecule has 1 aromatic heterocycles. The van der Waals surface area contributed by atoms with E-state index < -0.39 is 17.8 Å². The number of aliphatic carboxylic acids is 2. The minimum atomic E-state index is -1.08. The number of hydrogen-bond donors (Lipinski definition) is 5. The highest BCUT2D eigenvalue weighted by atomic mass is 35.5. The quantitative estimate of drug-likeness (QED) is 0.266. The van der Waals surface area contributed by atoms with Gasteiger partial charge in [-0.25, -0.2) is 4.39 Å². The molecule has 5 N–H and O–H groups in total. The van der Waals surface area contributed by atoms with Gasteiger partial charge in [-0.1, -0.05) is 29.8 Å². The minimum absolute atomic E-state index is 0.0429. The molecule has 2 aromatic carbocycles. The third-order valence-electron chi connectivity index (χ3n) is 5.97. The Balaban J connectivity index is 0.000000459. The Morgan fingerprint density at radius 1 is 0.949 bits per heavy atom. The Bertz CT molecular complexity index is 1290. The maximum Gasteiger partial charge on any atom is 0.303 e. The summed E-state index contributed by atoms with van der Waals surface area (Å²) in [5.74, 6) is -2.86. The summed E-state index contributed by atoms with van der Waals surface area (Å²) in [7, 11) is 0. The average molecular weight is 557 g/mol. The van der Waals surface area contributed by atoms with Crippen molar-refractivity contribution >= 4 is 35.1 Å². The van der Waals surface area contributed by atoms with Crippen molar-refractivity contribution in [1.29, 1.82) is 0 Å². The normalized spacial score (nSPS) is 12.3. The van der Waals surface area contributed by atoms with Crippen molar-refractivity contribution in [3.05, 3.63) is 93.5 Å². The van der Waals surface area contributed by atoms with Crippen molar-refractivity contribution in [2.24, 2.45) is 0 Å². The molecule has 2 heterocycles. The van der Waals surface area contributed by atoms with Crippen LogP contribution in [-0.4, -0.2) is 46.1 Å². The molecule has 0 unspecified atom stereocenters. The zero-order chi connectivity index (χ0) is 28.2. The molecule has 1 aliphatic rings. The summed E-state index contributed by atoms with van der Waals surface area (Å²) in [5, 5.41) is 26.1. The van der Waals surface area contributed by atoms with Gasteiger partial charge in [0.05, 0.1) is 35.8 Å². The van der Waals surface area contributed by atoms with Crippen LogP contribution in [0.2, 0.25) is 5.02 Å². The molecule has 11 heteroatoms. The van der Waals surface area contributed by atoms with Gasteiger partial charge in [-0.2, -0.15) is 0 Å². The number of nitrogens with zero attached hydrogens (tertiary/aromatic N) is 1. The van der Waals surface area contributed by atoms with E-state index in [1.807, 2.05) is 18.2 Å². The van der Waals surface area contributed by atoms with Gasteiger partial charge in [0.1, 0.15) is 5.82 Å². The van der Waals surface area contributed by atoms with Crippen LogP contribution in [0.15, 0.2) is 54.7 Å². The van der Waals surface area contributed by atoms with E-state index in [2.05, 4.69) is 27.0 Å². The van der Waals surface area contributed by atoms with E-state index in [0.29, 0.717) is 12.1 Å². The van der Waals surface area contributed by atoms with Gasteiger partial charge in [0.15, 0.2) is 0 Å². The molecular formula is C28H30ClFN4O5. The monoisotopic (exact) mass is 556 g/mol. The van der Waals surface area contributed by atoms with Gasteiger partial charge in [0.25, 0.3) is 5.91 Å². The summed E-state index contributed by atoms with van der Waals surface area (Å²) in [6, 6.07) is 14.2. The number of halogens is 2. The maximum atomic E-state index is 13.6. The number of nitrogens with one attached hydrogen (secondary N) is 3. The molecule has 4 rings (SSSR count). The third kappa shape index (κ3) is 9.35. The molecular weight excluding hydrogens is 527 g/mol. The van der Waals surface area contributed by atoms with Crippen LogP contribution in [0.4, 0.5) is 10.1 Å². The second-order valence-corrected chi connectivity index (χ2v) is 9.17. The highest BCUT2D eigenvalue weighted by Crippen LogP contribution is 2.31. The third-order valence-corrected chi connectivity index (χ3v) is 6.29. The lowest BCUT2D eigenvalue weighted by molar-refractivity contribution is -0.143. The van der Waals surface area contributed by atoms with Crippen molar-refractivity contribution in [2.75, 3.05) is 18.4 Å².